The van der Waals surface area contributed by atoms with Gasteiger partial charge in [0.05, 0.1) is 6.10 Å². The molecule has 2 heteroatoms. The van der Waals surface area contributed by atoms with Crippen molar-refractivity contribution in [3.05, 3.63) is 35.9 Å². The summed E-state index contributed by atoms with van der Waals surface area (Å²) < 4.78 is 5.60. The summed E-state index contributed by atoms with van der Waals surface area (Å²) in [5, 5.41) is 3.57. The van der Waals surface area contributed by atoms with E-state index in [1.165, 1.54) is 24.8 Å². The van der Waals surface area contributed by atoms with Crippen LogP contribution in [0.4, 0.5) is 0 Å². The van der Waals surface area contributed by atoms with E-state index >= 15 is 0 Å². The van der Waals surface area contributed by atoms with Crippen LogP contribution in [-0.4, -0.2) is 25.3 Å². The van der Waals surface area contributed by atoms with Gasteiger partial charge in [0.15, 0.2) is 0 Å². The number of rotatable bonds is 6. The van der Waals surface area contributed by atoms with E-state index in [4.69, 9.17) is 4.74 Å². The smallest absolute Gasteiger partial charge is 0.0700 e. The second-order valence-corrected chi connectivity index (χ2v) is 4.97. The summed E-state index contributed by atoms with van der Waals surface area (Å²) in [6.07, 6.45) is 5.25. The first-order valence-electron chi connectivity index (χ1n) is 6.73. The van der Waals surface area contributed by atoms with Gasteiger partial charge in [0.25, 0.3) is 0 Å². The molecule has 0 saturated carbocycles. The maximum Gasteiger partial charge on any atom is 0.0700 e. The largest absolute Gasteiger partial charge is 0.377 e. The fourth-order valence-corrected chi connectivity index (χ4v) is 2.27. The highest BCUT2D eigenvalue weighted by atomic mass is 16.5. The molecule has 1 aliphatic rings. The summed E-state index contributed by atoms with van der Waals surface area (Å²) >= 11 is 0. The number of nitrogens with one attached hydrogen (secondary N) is 1. The molecular formula is C15H23NO. The van der Waals surface area contributed by atoms with Crippen molar-refractivity contribution in [3.8, 4) is 0 Å². The van der Waals surface area contributed by atoms with Crippen LogP contribution in [0.25, 0.3) is 0 Å². The van der Waals surface area contributed by atoms with Crippen molar-refractivity contribution in [2.45, 2.75) is 44.8 Å². The first-order chi connectivity index (χ1) is 8.34. The van der Waals surface area contributed by atoms with E-state index < -0.39 is 0 Å². The number of ether oxygens (including phenoxy) is 1. The first-order valence-corrected chi connectivity index (χ1v) is 6.73. The van der Waals surface area contributed by atoms with Crippen molar-refractivity contribution in [2.75, 3.05) is 13.2 Å². The molecule has 2 atom stereocenters. The Morgan fingerprint density at radius 1 is 1.35 bits per heavy atom. The van der Waals surface area contributed by atoms with Crippen LogP contribution in [0, 0.1) is 0 Å². The third-order valence-corrected chi connectivity index (χ3v) is 3.43. The van der Waals surface area contributed by atoms with E-state index in [-0.39, 0.29) is 0 Å². The van der Waals surface area contributed by atoms with Gasteiger partial charge < -0.3 is 10.1 Å². The summed E-state index contributed by atoms with van der Waals surface area (Å²) in [6, 6.07) is 11.3. The average molecular weight is 233 g/mol. The number of aryl methyl sites for hydroxylation is 1. The maximum atomic E-state index is 5.60. The van der Waals surface area contributed by atoms with Crippen molar-refractivity contribution < 1.29 is 4.74 Å². The zero-order valence-corrected chi connectivity index (χ0v) is 10.7. The van der Waals surface area contributed by atoms with E-state index in [0.29, 0.717) is 12.1 Å². The van der Waals surface area contributed by atoms with Gasteiger partial charge in [-0.15, -0.1) is 0 Å². The molecule has 0 bridgehead atoms. The third-order valence-electron chi connectivity index (χ3n) is 3.43. The number of benzene rings is 1. The SMILES string of the molecule is C[C@@H](CCc1ccccc1)NC[C@H]1CCCO1. The zero-order chi connectivity index (χ0) is 11.9. The second-order valence-electron chi connectivity index (χ2n) is 4.97. The van der Waals surface area contributed by atoms with Gasteiger partial charge in [0.2, 0.25) is 0 Å². The fraction of sp³-hybridized carbons (Fsp3) is 0.600. The van der Waals surface area contributed by atoms with E-state index in [9.17, 15) is 0 Å². The Kier molecular flexibility index (Phi) is 5.02. The minimum absolute atomic E-state index is 0.453. The Balaban J connectivity index is 1.62. The molecule has 1 aromatic carbocycles. The number of hydrogen-bond acceptors (Lipinski definition) is 2. The molecule has 2 rings (SSSR count). The molecular weight excluding hydrogens is 210 g/mol. The van der Waals surface area contributed by atoms with Gasteiger partial charge in [-0.2, -0.15) is 0 Å². The van der Waals surface area contributed by atoms with Crippen molar-refractivity contribution >= 4 is 0 Å². The normalized spacial score (nSPS) is 21.6. The van der Waals surface area contributed by atoms with Crippen molar-refractivity contribution in [1.82, 2.24) is 5.32 Å². The van der Waals surface area contributed by atoms with Gasteiger partial charge in [-0.3, -0.25) is 0 Å². The predicted molar refractivity (Wildman–Crippen MR) is 71.2 cm³/mol. The molecule has 0 spiro atoms. The zero-order valence-electron chi connectivity index (χ0n) is 10.7. The van der Waals surface area contributed by atoms with Gasteiger partial charge in [-0.1, -0.05) is 30.3 Å². The van der Waals surface area contributed by atoms with E-state index in [1.807, 2.05) is 0 Å². The van der Waals surface area contributed by atoms with Crippen LogP contribution in [0.15, 0.2) is 30.3 Å². The minimum Gasteiger partial charge on any atom is -0.377 e. The third kappa shape index (κ3) is 4.49. The average Bonchev–Trinajstić information content (AvgIpc) is 2.88. The lowest BCUT2D eigenvalue weighted by molar-refractivity contribution is 0.107. The molecule has 2 nitrogen and oxygen atoms in total. The Morgan fingerprint density at radius 3 is 2.88 bits per heavy atom. The lowest BCUT2D eigenvalue weighted by Gasteiger charge is -2.16. The van der Waals surface area contributed by atoms with Gasteiger partial charge in [0, 0.05) is 19.2 Å². The molecule has 1 aliphatic heterocycles. The van der Waals surface area contributed by atoms with Crippen LogP contribution in [0.5, 0.6) is 0 Å². The molecule has 17 heavy (non-hydrogen) atoms. The van der Waals surface area contributed by atoms with Crippen LogP contribution in [0.2, 0.25) is 0 Å². The summed E-state index contributed by atoms with van der Waals surface area (Å²) in [7, 11) is 0. The molecule has 1 N–H and O–H groups in total. The van der Waals surface area contributed by atoms with Crippen molar-refractivity contribution in [1.29, 1.82) is 0 Å². The quantitative estimate of drug-likeness (QED) is 0.816. The Morgan fingerprint density at radius 2 is 2.18 bits per heavy atom. The van der Waals surface area contributed by atoms with Crippen LogP contribution < -0.4 is 5.32 Å². The van der Waals surface area contributed by atoms with Gasteiger partial charge in [-0.05, 0) is 38.2 Å². The monoisotopic (exact) mass is 233 g/mol. The number of hydrogen-bond donors (Lipinski definition) is 1. The van der Waals surface area contributed by atoms with Gasteiger partial charge in [0.1, 0.15) is 0 Å². The molecule has 1 heterocycles. The Bertz CT molecular complexity index is 306. The summed E-state index contributed by atoms with van der Waals surface area (Å²) in [4.78, 5) is 0. The van der Waals surface area contributed by atoms with Crippen LogP contribution >= 0.6 is 0 Å². The molecule has 1 saturated heterocycles. The standard InChI is InChI=1S/C15H23NO/c1-13(16-12-15-8-5-11-17-15)9-10-14-6-3-2-4-7-14/h2-4,6-7,13,15-16H,5,8-12H2,1H3/t13-,15+/m0/s1. The van der Waals surface area contributed by atoms with E-state index in [0.717, 1.165) is 19.6 Å². The van der Waals surface area contributed by atoms with Crippen LogP contribution in [0.3, 0.4) is 0 Å². The first kappa shape index (κ1) is 12.6. The topological polar surface area (TPSA) is 21.3 Å². The fourth-order valence-electron chi connectivity index (χ4n) is 2.27. The van der Waals surface area contributed by atoms with Gasteiger partial charge in [-0.25, -0.2) is 0 Å². The summed E-state index contributed by atoms with van der Waals surface area (Å²) in [6.45, 7) is 4.22. The van der Waals surface area contributed by atoms with Crippen LogP contribution in [0.1, 0.15) is 31.7 Å². The molecule has 0 radical (unpaired) electrons. The summed E-state index contributed by atoms with van der Waals surface area (Å²) in [5.41, 5.74) is 1.43. The highest BCUT2D eigenvalue weighted by molar-refractivity contribution is 5.14. The lowest BCUT2D eigenvalue weighted by atomic mass is 10.1. The molecule has 1 aromatic rings. The highest BCUT2D eigenvalue weighted by Crippen LogP contribution is 2.11. The lowest BCUT2D eigenvalue weighted by Crippen LogP contribution is -2.33. The molecule has 0 aliphatic carbocycles. The Hall–Kier alpha value is -0.860. The van der Waals surface area contributed by atoms with Gasteiger partial charge >= 0.3 is 0 Å². The van der Waals surface area contributed by atoms with E-state index in [2.05, 4.69) is 42.6 Å². The molecule has 1 fully saturated rings. The molecule has 0 amide bonds. The van der Waals surface area contributed by atoms with Crippen molar-refractivity contribution in [3.63, 3.8) is 0 Å². The Labute approximate surface area is 104 Å². The minimum atomic E-state index is 0.453. The molecule has 94 valence electrons. The van der Waals surface area contributed by atoms with Crippen LogP contribution in [-0.2, 0) is 11.2 Å². The highest BCUT2D eigenvalue weighted by Gasteiger charge is 2.15. The predicted octanol–water partition coefficient (Wildman–Crippen LogP) is 2.78. The molecule has 0 aromatic heterocycles. The van der Waals surface area contributed by atoms with E-state index in [1.54, 1.807) is 0 Å². The second kappa shape index (κ2) is 6.77. The maximum absolute atomic E-state index is 5.60. The molecule has 0 unspecified atom stereocenters. The summed E-state index contributed by atoms with van der Waals surface area (Å²) in [5.74, 6) is 0. The van der Waals surface area contributed by atoms with Crippen molar-refractivity contribution in [2.24, 2.45) is 0 Å².